The van der Waals surface area contributed by atoms with Crippen LogP contribution in [0, 0.1) is 0 Å². The first kappa shape index (κ1) is 40.3. The van der Waals surface area contributed by atoms with Crippen LogP contribution < -0.4 is 0 Å². The molecule has 3 heteroatoms. The third-order valence-electron chi connectivity index (χ3n) is 9.22. The van der Waals surface area contributed by atoms with E-state index in [2.05, 4.69) is 74.5 Å². The molecule has 0 spiro atoms. The lowest BCUT2D eigenvalue weighted by atomic mass is 10.0. The van der Waals surface area contributed by atoms with Crippen LogP contribution in [0.5, 0.6) is 0 Å². The molecular formula is C42H70OS2. The van der Waals surface area contributed by atoms with Gasteiger partial charge in [-0.25, -0.2) is 3.63 Å². The lowest BCUT2D eigenvalue weighted by Gasteiger charge is -2.19. The van der Waals surface area contributed by atoms with Crippen molar-refractivity contribution in [2.24, 2.45) is 0 Å². The average Bonchev–Trinajstić information content (AvgIpc) is 3.06. The van der Waals surface area contributed by atoms with E-state index in [-0.39, 0.29) is 0 Å². The van der Waals surface area contributed by atoms with Crippen molar-refractivity contribution >= 4 is 24.1 Å². The van der Waals surface area contributed by atoms with Crippen LogP contribution in [-0.4, -0.2) is 10.5 Å². The van der Waals surface area contributed by atoms with E-state index in [9.17, 15) is 0 Å². The van der Waals surface area contributed by atoms with Crippen LogP contribution >= 0.6 is 24.1 Å². The van der Waals surface area contributed by atoms with Gasteiger partial charge >= 0.3 is 0 Å². The molecule has 0 radical (unpaired) electrons. The highest BCUT2D eigenvalue weighted by molar-refractivity contribution is 8.08. The first-order chi connectivity index (χ1) is 22.3. The lowest BCUT2D eigenvalue weighted by Crippen LogP contribution is -2.10. The Hall–Kier alpha value is -0.900. The molecule has 2 aromatic carbocycles. The minimum absolute atomic E-state index is 0.526. The van der Waals surface area contributed by atoms with E-state index < -0.39 is 0 Å². The average molecular weight is 655 g/mol. The smallest absolute Gasteiger partial charge is 0.0364 e. The molecule has 0 fully saturated rings. The van der Waals surface area contributed by atoms with Gasteiger partial charge in [0.2, 0.25) is 0 Å². The van der Waals surface area contributed by atoms with Crippen molar-refractivity contribution in [1.29, 1.82) is 0 Å². The molecule has 0 N–H and O–H groups in total. The van der Waals surface area contributed by atoms with E-state index in [1.165, 1.54) is 165 Å². The van der Waals surface area contributed by atoms with Crippen LogP contribution in [0.3, 0.4) is 0 Å². The number of unbranched alkanes of at least 4 members (excludes halogenated alkanes) is 20. The van der Waals surface area contributed by atoms with Gasteiger partial charge < -0.3 is 0 Å². The van der Waals surface area contributed by atoms with Crippen molar-refractivity contribution < 1.29 is 3.63 Å². The van der Waals surface area contributed by atoms with Crippen LogP contribution in [0.1, 0.15) is 179 Å². The van der Waals surface area contributed by atoms with Crippen molar-refractivity contribution in [2.45, 2.75) is 191 Å². The fourth-order valence-electron chi connectivity index (χ4n) is 6.33. The normalized spacial score (nSPS) is 12.8. The SMILES string of the molecule is CCCCCCCCCCCCCC(Cc1ccccc1)SOSC(CCCCCCCCCCCCC)Cc1ccccc1. The molecule has 2 atom stereocenters. The highest BCUT2D eigenvalue weighted by Crippen LogP contribution is 2.32. The molecule has 256 valence electrons. The first-order valence-corrected chi connectivity index (χ1v) is 21.0. The molecule has 0 aliphatic heterocycles. The third-order valence-corrected chi connectivity index (χ3v) is 11.2. The lowest BCUT2D eigenvalue weighted by molar-refractivity contribution is 0.537. The van der Waals surface area contributed by atoms with Gasteiger partial charge in [-0.3, -0.25) is 0 Å². The summed E-state index contributed by atoms with van der Waals surface area (Å²) in [6.45, 7) is 4.61. The standard InChI is InChI=1S/C42H70OS2/c1-3-5-7-9-11-13-15-17-19-21-29-35-41(37-39-31-25-23-26-32-39)44-43-45-42(38-40-33-27-24-28-34-40)36-30-22-20-18-16-14-12-10-8-6-4-2/h23-28,31-34,41-42H,3-22,29-30,35-38H2,1-2H3. The molecule has 0 saturated heterocycles. The number of hydrogen-bond donors (Lipinski definition) is 0. The fourth-order valence-corrected chi connectivity index (χ4v) is 8.45. The summed E-state index contributed by atoms with van der Waals surface area (Å²) in [5, 5.41) is 1.05. The number of rotatable bonds is 32. The zero-order valence-electron chi connectivity index (χ0n) is 29.5. The summed E-state index contributed by atoms with van der Waals surface area (Å²) in [7, 11) is 0. The van der Waals surface area contributed by atoms with Crippen LogP contribution in [-0.2, 0) is 16.5 Å². The van der Waals surface area contributed by atoms with E-state index in [1.54, 1.807) is 24.1 Å². The van der Waals surface area contributed by atoms with E-state index in [1.807, 2.05) is 0 Å². The summed E-state index contributed by atoms with van der Waals surface area (Å²) in [5.41, 5.74) is 2.88. The Kier molecular flexibility index (Phi) is 27.2. The second kappa shape index (κ2) is 30.4. The topological polar surface area (TPSA) is 9.23 Å². The monoisotopic (exact) mass is 654 g/mol. The van der Waals surface area contributed by atoms with E-state index in [0.717, 1.165) is 12.8 Å². The molecule has 45 heavy (non-hydrogen) atoms. The Labute approximate surface area is 289 Å². The quantitative estimate of drug-likeness (QED) is 0.0574. The predicted octanol–water partition coefficient (Wildman–Crippen LogP) is 14.9. The maximum atomic E-state index is 6.44. The summed E-state index contributed by atoms with van der Waals surface area (Å²) in [6, 6.07) is 22.1. The molecule has 0 aromatic heterocycles. The van der Waals surface area contributed by atoms with Crippen molar-refractivity contribution in [3.63, 3.8) is 0 Å². The molecular weight excluding hydrogens is 585 g/mol. The Morgan fingerprint density at radius 1 is 0.400 bits per heavy atom. The Morgan fingerprint density at radius 2 is 0.689 bits per heavy atom. The highest BCUT2D eigenvalue weighted by Gasteiger charge is 2.16. The first-order valence-electron chi connectivity index (χ1n) is 19.4. The highest BCUT2D eigenvalue weighted by atomic mass is 32.2. The largest absolute Gasteiger partial charge is 0.247 e. The Bertz CT molecular complexity index is 786. The van der Waals surface area contributed by atoms with Gasteiger partial charge in [0.25, 0.3) is 0 Å². The minimum atomic E-state index is 0.526. The van der Waals surface area contributed by atoms with Gasteiger partial charge in [0.1, 0.15) is 0 Å². The molecule has 0 aliphatic rings. The summed E-state index contributed by atoms with van der Waals surface area (Å²) in [4.78, 5) is 0. The number of hydrogen-bond acceptors (Lipinski definition) is 3. The molecule has 2 aromatic rings. The second-order valence-electron chi connectivity index (χ2n) is 13.5. The van der Waals surface area contributed by atoms with Gasteiger partial charge in [0.15, 0.2) is 0 Å². The van der Waals surface area contributed by atoms with Crippen LogP contribution in [0.4, 0.5) is 0 Å². The van der Waals surface area contributed by atoms with Crippen molar-refractivity contribution in [3.8, 4) is 0 Å². The minimum Gasteiger partial charge on any atom is -0.247 e. The molecule has 2 unspecified atom stereocenters. The van der Waals surface area contributed by atoms with Crippen LogP contribution in [0.2, 0.25) is 0 Å². The third kappa shape index (κ3) is 24.0. The Morgan fingerprint density at radius 3 is 1.00 bits per heavy atom. The maximum absolute atomic E-state index is 6.44. The molecule has 2 rings (SSSR count). The van der Waals surface area contributed by atoms with Crippen LogP contribution in [0.15, 0.2) is 60.7 Å². The summed E-state index contributed by atoms with van der Waals surface area (Å²) >= 11 is 3.52. The zero-order chi connectivity index (χ0) is 31.9. The summed E-state index contributed by atoms with van der Waals surface area (Å²) in [5.74, 6) is 0. The maximum Gasteiger partial charge on any atom is 0.0364 e. The molecule has 0 amide bonds. The summed E-state index contributed by atoms with van der Waals surface area (Å²) < 4.78 is 6.44. The Balaban J connectivity index is 1.70. The fraction of sp³-hybridized carbons (Fsp3) is 0.714. The molecule has 0 aliphatic carbocycles. The van der Waals surface area contributed by atoms with Crippen molar-refractivity contribution in [2.75, 3.05) is 0 Å². The van der Waals surface area contributed by atoms with Crippen LogP contribution in [0.25, 0.3) is 0 Å². The van der Waals surface area contributed by atoms with Crippen molar-refractivity contribution in [3.05, 3.63) is 71.8 Å². The van der Waals surface area contributed by atoms with Gasteiger partial charge in [-0.1, -0.05) is 216 Å². The van der Waals surface area contributed by atoms with E-state index >= 15 is 0 Å². The second-order valence-corrected chi connectivity index (χ2v) is 15.8. The molecule has 0 saturated carbocycles. The van der Waals surface area contributed by atoms with Crippen molar-refractivity contribution in [1.82, 2.24) is 0 Å². The molecule has 1 nitrogen and oxygen atoms in total. The van der Waals surface area contributed by atoms with Gasteiger partial charge in [-0.15, -0.1) is 0 Å². The van der Waals surface area contributed by atoms with Gasteiger partial charge in [0, 0.05) is 34.6 Å². The van der Waals surface area contributed by atoms with E-state index in [0.29, 0.717) is 10.5 Å². The van der Waals surface area contributed by atoms with Gasteiger partial charge in [0.05, 0.1) is 0 Å². The van der Waals surface area contributed by atoms with Gasteiger partial charge in [-0.2, -0.15) is 0 Å². The van der Waals surface area contributed by atoms with E-state index in [4.69, 9.17) is 3.63 Å². The predicted molar refractivity (Wildman–Crippen MR) is 206 cm³/mol. The molecule has 0 heterocycles. The summed E-state index contributed by atoms with van der Waals surface area (Å²) in [6.07, 6.45) is 35.6. The number of benzene rings is 2. The van der Waals surface area contributed by atoms with Gasteiger partial charge in [-0.05, 0) is 36.8 Å². The zero-order valence-corrected chi connectivity index (χ0v) is 31.2. The molecule has 0 bridgehead atoms.